The summed E-state index contributed by atoms with van der Waals surface area (Å²) in [5.74, 6) is 2.58. The molecule has 2 aliphatic rings. The summed E-state index contributed by atoms with van der Waals surface area (Å²) in [5, 5.41) is 4.40. The van der Waals surface area contributed by atoms with E-state index in [0.717, 1.165) is 24.8 Å². The maximum Gasteiger partial charge on any atom is 0.0537 e. The van der Waals surface area contributed by atoms with Crippen LogP contribution in [-0.2, 0) is 6.54 Å². The summed E-state index contributed by atoms with van der Waals surface area (Å²) in [6.45, 7) is 3.18. The van der Waals surface area contributed by atoms with Gasteiger partial charge in [-0.1, -0.05) is 13.3 Å². The molecule has 17 heavy (non-hydrogen) atoms. The Kier molecular flexibility index (Phi) is 2.95. The van der Waals surface area contributed by atoms with Gasteiger partial charge in [0.25, 0.3) is 0 Å². The summed E-state index contributed by atoms with van der Waals surface area (Å²) in [5.41, 5.74) is 7.69. The molecule has 2 bridgehead atoms. The second-order valence-electron chi connectivity index (χ2n) is 5.90. The summed E-state index contributed by atoms with van der Waals surface area (Å²) in [7, 11) is 0. The number of aromatic nitrogens is 2. The molecule has 0 aromatic carbocycles. The topological polar surface area (TPSA) is 43.8 Å². The summed E-state index contributed by atoms with van der Waals surface area (Å²) >= 11 is 0. The third kappa shape index (κ3) is 2.01. The fraction of sp³-hybridized carbons (Fsp3) is 0.786. The van der Waals surface area contributed by atoms with Crippen LogP contribution in [0, 0.1) is 17.8 Å². The second kappa shape index (κ2) is 4.45. The van der Waals surface area contributed by atoms with Gasteiger partial charge >= 0.3 is 0 Å². The molecule has 0 radical (unpaired) electrons. The van der Waals surface area contributed by atoms with E-state index < -0.39 is 0 Å². The Hall–Kier alpha value is -0.830. The zero-order chi connectivity index (χ0) is 11.8. The quantitative estimate of drug-likeness (QED) is 0.869. The first-order chi connectivity index (χ1) is 8.28. The van der Waals surface area contributed by atoms with Crippen LogP contribution in [-0.4, -0.2) is 9.78 Å². The van der Waals surface area contributed by atoms with Crippen molar-refractivity contribution in [3.05, 3.63) is 18.0 Å². The largest absolute Gasteiger partial charge is 0.324 e. The maximum atomic E-state index is 6.44. The van der Waals surface area contributed by atoms with Gasteiger partial charge in [0.05, 0.1) is 6.20 Å². The SMILES string of the molecule is CCCn1cc(C(N)C2CC3CCC2C3)cn1. The summed E-state index contributed by atoms with van der Waals surface area (Å²) in [4.78, 5) is 0. The van der Waals surface area contributed by atoms with Crippen LogP contribution in [0.3, 0.4) is 0 Å². The maximum absolute atomic E-state index is 6.44. The minimum absolute atomic E-state index is 0.218. The second-order valence-corrected chi connectivity index (χ2v) is 5.90. The van der Waals surface area contributed by atoms with Crippen LogP contribution in [0.15, 0.2) is 12.4 Å². The van der Waals surface area contributed by atoms with Crippen LogP contribution >= 0.6 is 0 Å². The predicted octanol–water partition coefficient (Wildman–Crippen LogP) is 2.73. The lowest BCUT2D eigenvalue weighted by Crippen LogP contribution is -2.25. The first-order valence-corrected chi connectivity index (χ1v) is 7.06. The van der Waals surface area contributed by atoms with Crippen LogP contribution in [0.2, 0.25) is 0 Å². The molecule has 2 fully saturated rings. The lowest BCUT2D eigenvalue weighted by molar-refractivity contribution is 0.284. The van der Waals surface area contributed by atoms with E-state index in [9.17, 15) is 0 Å². The van der Waals surface area contributed by atoms with E-state index in [1.165, 1.54) is 31.2 Å². The monoisotopic (exact) mass is 233 g/mol. The molecule has 4 unspecified atom stereocenters. The van der Waals surface area contributed by atoms with Crippen LogP contribution in [0.4, 0.5) is 0 Å². The molecule has 94 valence electrons. The number of nitrogens with two attached hydrogens (primary N) is 1. The van der Waals surface area contributed by atoms with Crippen molar-refractivity contribution < 1.29 is 0 Å². The highest BCUT2D eigenvalue weighted by atomic mass is 15.3. The molecule has 1 aromatic rings. The molecular formula is C14H23N3. The Morgan fingerprint density at radius 2 is 2.35 bits per heavy atom. The van der Waals surface area contributed by atoms with Gasteiger partial charge in [0.2, 0.25) is 0 Å². The van der Waals surface area contributed by atoms with Gasteiger partial charge in [0, 0.05) is 24.3 Å². The van der Waals surface area contributed by atoms with Crippen molar-refractivity contribution in [2.24, 2.45) is 23.5 Å². The molecule has 0 aliphatic heterocycles. The lowest BCUT2D eigenvalue weighted by Gasteiger charge is -2.26. The normalized spacial score (nSPS) is 33.2. The molecule has 2 aliphatic carbocycles. The zero-order valence-corrected chi connectivity index (χ0v) is 10.7. The van der Waals surface area contributed by atoms with Gasteiger partial charge in [0.15, 0.2) is 0 Å². The molecule has 3 rings (SSSR count). The van der Waals surface area contributed by atoms with Gasteiger partial charge in [-0.05, 0) is 43.4 Å². The van der Waals surface area contributed by atoms with Gasteiger partial charge in [-0.2, -0.15) is 5.10 Å². The van der Waals surface area contributed by atoms with Gasteiger partial charge < -0.3 is 5.73 Å². The molecule has 2 saturated carbocycles. The third-order valence-electron chi connectivity index (χ3n) is 4.74. The molecular weight excluding hydrogens is 210 g/mol. The van der Waals surface area contributed by atoms with Crippen LogP contribution < -0.4 is 5.73 Å². The molecule has 3 nitrogen and oxygen atoms in total. The molecule has 0 amide bonds. The van der Waals surface area contributed by atoms with Gasteiger partial charge in [0.1, 0.15) is 0 Å². The number of hydrogen-bond acceptors (Lipinski definition) is 2. The number of hydrogen-bond donors (Lipinski definition) is 1. The summed E-state index contributed by atoms with van der Waals surface area (Å²) < 4.78 is 2.03. The standard InChI is InChI=1S/C14H23N3/c1-2-5-17-9-12(8-16-17)14(15)13-7-10-3-4-11(13)6-10/h8-11,13-14H,2-7,15H2,1H3. The fourth-order valence-corrected chi connectivity index (χ4v) is 3.88. The first kappa shape index (κ1) is 11.3. The molecule has 0 spiro atoms. The van der Waals surface area contributed by atoms with Crippen LogP contribution in [0.5, 0.6) is 0 Å². The van der Waals surface area contributed by atoms with Crippen molar-refractivity contribution in [3.8, 4) is 0 Å². The molecule has 2 N–H and O–H groups in total. The van der Waals surface area contributed by atoms with Gasteiger partial charge in [-0.3, -0.25) is 4.68 Å². The number of rotatable bonds is 4. The van der Waals surface area contributed by atoms with Crippen molar-refractivity contribution in [3.63, 3.8) is 0 Å². The Bertz CT molecular complexity index is 385. The minimum Gasteiger partial charge on any atom is -0.324 e. The smallest absolute Gasteiger partial charge is 0.0537 e. The number of fused-ring (bicyclic) bond motifs is 2. The van der Waals surface area contributed by atoms with Crippen molar-refractivity contribution in [1.82, 2.24) is 9.78 Å². The van der Waals surface area contributed by atoms with E-state index in [2.05, 4.69) is 18.2 Å². The van der Waals surface area contributed by atoms with Crippen molar-refractivity contribution >= 4 is 0 Å². The highest BCUT2D eigenvalue weighted by Crippen LogP contribution is 2.51. The van der Waals surface area contributed by atoms with Gasteiger partial charge in [-0.25, -0.2) is 0 Å². The Morgan fingerprint density at radius 3 is 3.00 bits per heavy atom. The number of nitrogens with zero attached hydrogens (tertiary/aromatic N) is 2. The lowest BCUT2D eigenvalue weighted by atomic mass is 9.82. The van der Waals surface area contributed by atoms with Crippen LogP contribution in [0.25, 0.3) is 0 Å². The Labute approximate surface area is 103 Å². The van der Waals surface area contributed by atoms with E-state index in [-0.39, 0.29) is 6.04 Å². The van der Waals surface area contributed by atoms with Crippen LogP contribution in [0.1, 0.15) is 50.6 Å². The van der Waals surface area contributed by atoms with Crippen molar-refractivity contribution in [2.75, 3.05) is 0 Å². The minimum atomic E-state index is 0.218. The Morgan fingerprint density at radius 1 is 1.47 bits per heavy atom. The zero-order valence-electron chi connectivity index (χ0n) is 10.7. The van der Waals surface area contributed by atoms with E-state index in [1.807, 2.05) is 10.9 Å². The molecule has 1 heterocycles. The van der Waals surface area contributed by atoms with Crippen molar-refractivity contribution in [1.29, 1.82) is 0 Å². The van der Waals surface area contributed by atoms with Gasteiger partial charge in [-0.15, -0.1) is 0 Å². The summed E-state index contributed by atoms with van der Waals surface area (Å²) in [6, 6.07) is 0.218. The Balaban J connectivity index is 1.70. The highest BCUT2D eigenvalue weighted by molar-refractivity contribution is 5.13. The van der Waals surface area contributed by atoms with E-state index >= 15 is 0 Å². The highest BCUT2D eigenvalue weighted by Gasteiger charge is 2.42. The first-order valence-electron chi connectivity index (χ1n) is 7.06. The predicted molar refractivity (Wildman–Crippen MR) is 68.4 cm³/mol. The van der Waals surface area contributed by atoms with E-state index in [1.54, 1.807) is 0 Å². The van der Waals surface area contributed by atoms with E-state index in [4.69, 9.17) is 5.73 Å². The summed E-state index contributed by atoms with van der Waals surface area (Å²) in [6.07, 6.45) is 10.9. The molecule has 1 aromatic heterocycles. The molecule has 4 atom stereocenters. The molecule has 3 heteroatoms. The fourth-order valence-electron chi connectivity index (χ4n) is 3.88. The van der Waals surface area contributed by atoms with Crippen molar-refractivity contribution in [2.45, 2.75) is 51.6 Å². The average Bonchev–Trinajstić information content (AvgIpc) is 3.03. The third-order valence-corrected chi connectivity index (χ3v) is 4.74. The average molecular weight is 233 g/mol. The molecule has 0 saturated heterocycles. The number of aryl methyl sites for hydroxylation is 1. The van der Waals surface area contributed by atoms with E-state index in [0.29, 0.717) is 5.92 Å².